The average molecular weight is 752 g/mol. The van der Waals surface area contributed by atoms with Crippen LogP contribution < -0.4 is 10.6 Å². The van der Waals surface area contributed by atoms with Crippen LogP contribution in [0.3, 0.4) is 0 Å². The zero-order chi connectivity index (χ0) is 38.5. The molecule has 3 fully saturated rings. The van der Waals surface area contributed by atoms with Crippen molar-refractivity contribution in [3.8, 4) is 0 Å². The number of esters is 1. The molecule has 4 amide bonds. The van der Waals surface area contributed by atoms with Crippen molar-refractivity contribution < 1.29 is 87.9 Å². The van der Waals surface area contributed by atoms with Crippen LogP contribution in [0.2, 0.25) is 0 Å². The van der Waals surface area contributed by atoms with E-state index in [0.717, 1.165) is 0 Å². The molecule has 3 aliphatic rings. The maximum absolute atomic E-state index is 13.0. The Morgan fingerprint density at radius 2 is 1.27 bits per heavy atom. The van der Waals surface area contributed by atoms with Gasteiger partial charge in [-0.25, -0.2) is 4.79 Å². The molecule has 3 rings (SSSR count). The van der Waals surface area contributed by atoms with E-state index in [4.69, 9.17) is 28.5 Å². The third kappa shape index (κ3) is 12.6. The number of ether oxygens (including phenoxy) is 5. The number of aliphatic hydroxyl groups is 6. The minimum absolute atomic E-state index is 0.0505. The predicted molar refractivity (Wildman–Crippen MR) is 167 cm³/mol. The first-order valence-corrected chi connectivity index (χ1v) is 17.0. The second kappa shape index (κ2) is 20.8. The Balaban J connectivity index is 1.44. The van der Waals surface area contributed by atoms with Gasteiger partial charge in [0, 0.05) is 38.6 Å². The van der Waals surface area contributed by atoms with Crippen molar-refractivity contribution in [1.82, 2.24) is 15.7 Å². The quantitative estimate of drug-likeness (QED) is 0.0352. The lowest BCUT2D eigenvalue weighted by Crippen LogP contribution is -2.57. The first-order chi connectivity index (χ1) is 24.6. The summed E-state index contributed by atoms with van der Waals surface area (Å²) in [7, 11) is 0. The number of unbranched alkanes of at least 4 members (excludes halogenated alkanes) is 1. The maximum Gasteiger partial charge on any atom is 0.333 e. The maximum atomic E-state index is 13.0. The van der Waals surface area contributed by atoms with Gasteiger partial charge in [0.15, 0.2) is 12.6 Å². The van der Waals surface area contributed by atoms with Gasteiger partial charge in [-0.05, 0) is 33.1 Å². The summed E-state index contributed by atoms with van der Waals surface area (Å²) >= 11 is 0. The van der Waals surface area contributed by atoms with Crippen LogP contribution in [0.15, 0.2) is 0 Å². The van der Waals surface area contributed by atoms with Crippen molar-refractivity contribution in [2.45, 2.75) is 133 Å². The lowest BCUT2D eigenvalue weighted by Gasteiger charge is -2.38. The normalized spacial score (nSPS) is 31.2. The molecule has 0 aromatic carbocycles. The second-order valence-electron chi connectivity index (χ2n) is 12.5. The molecule has 3 heterocycles. The van der Waals surface area contributed by atoms with Crippen LogP contribution in [0.1, 0.15) is 65.2 Å². The summed E-state index contributed by atoms with van der Waals surface area (Å²) in [5.74, 6) is -4.13. The number of carbonyl (C=O) groups excluding carboxylic acids is 6. The molecule has 3 aliphatic heterocycles. The third-order valence-electron chi connectivity index (χ3n) is 8.45. The highest BCUT2D eigenvalue weighted by molar-refractivity contribution is 6.01. The lowest BCUT2D eigenvalue weighted by atomic mass is 10.0. The molecule has 0 aromatic rings. The molecule has 8 N–H and O–H groups in total. The number of hydroxylamine groups is 2. The molecule has 0 bridgehead atoms. The fraction of sp³-hybridized carbons (Fsp3) is 0.806. The Morgan fingerprint density at radius 1 is 0.731 bits per heavy atom. The van der Waals surface area contributed by atoms with Gasteiger partial charge in [-0.2, -0.15) is 0 Å². The molecule has 0 aromatic heterocycles. The number of amides is 4. The van der Waals surface area contributed by atoms with E-state index >= 15 is 0 Å². The van der Waals surface area contributed by atoms with Gasteiger partial charge in [0.2, 0.25) is 11.8 Å². The van der Waals surface area contributed by atoms with Crippen LogP contribution >= 0.6 is 0 Å². The van der Waals surface area contributed by atoms with Gasteiger partial charge >= 0.3 is 11.9 Å². The van der Waals surface area contributed by atoms with Gasteiger partial charge in [0.25, 0.3) is 11.8 Å². The van der Waals surface area contributed by atoms with E-state index in [-0.39, 0.29) is 77.7 Å². The van der Waals surface area contributed by atoms with Gasteiger partial charge in [-0.15, -0.1) is 5.06 Å². The molecular weight excluding hydrogens is 702 g/mol. The van der Waals surface area contributed by atoms with Crippen molar-refractivity contribution >= 4 is 35.6 Å². The van der Waals surface area contributed by atoms with Crippen molar-refractivity contribution in [3.05, 3.63) is 0 Å². The molecule has 0 spiro atoms. The Labute approximate surface area is 298 Å². The van der Waals surface area contributed by atoms with E-state index in [9.17, 15) is 59.4 Å². The molecule has 52 heavy (non-hydrogen) atoms. The first-order valence-electron chi connectivity index (χ1n) is 17.0. The van der Waals surface area contributed by atoms with Gasteiger partial charge in [-0.1, -0.05) is 0 Å². The SMILES string of the molecule is C[C@@H]1O[C@@H](OCCNC(=O)[C@H](CCC(=O)OCCO[C@@H]2O[C@@H](C)[C@@H](O)[C@@H](O)[C@@H]2O)NC(=O)CCCCC(=O)ON2C(=O)CCC2=O)[C@@H](O)[C@H](O)[C@@H]1O. The number of imide groups is 1. The predicted octanol–water partition coefficient (Wildman–Crippen LogP) is -4.23. The number of aliphatic hydroxyl groups excluding tert-OH is 6. The van der Waals surface area contributed by atoms with Gasteiger partial charge in [-0.3, -0.25) is 24.0 Å². The summed E-state index contributed by atoms with van der Waals surface area (Å²) in [6.45, 7) is 2.07. The topological polar surface area (TPSA) is 306 Å². The Kier molecular flexibility index (Phi) is 17.2. The zero-order valence-electron chi connectivity index (χ0n) is 28.9. The van der Waals surface area contributed by atoms with Crippen LogP contribution in [-0.2, 0) is 57.3 Å². The summed E-state index contributed by atoms with van der Waals surface area (Å²) in [6.07, 6.45) is -13.6. The Bertz CT molecular complexity index is 1220. The van der Waals surface area contributed by atoms with Gasteiger partial charge < -0.3 is 69.8 Å². The van der Waals surface area contributed by atoms with Crippen LogP contribution in [0.4, 0.5) is 0 Å². The van der Waals surface area contributed by atoms with Crippen LogP contribution in [-0.4, -0.2) is 165 Å². The lowest BCUT2D eigenvalue weighted by molar-refractivity contribution is -0.294. The number of nitrogens with one attached hydrogen (secondary N) is 2. The summed E-state index contributed by atoms with van der Waals surface area (Å²) < 4.78 is 26.4. The second-order valence-corrected chi connectivity index (χ2v) is 12.5. The summed E-state index contributed by atoms with van der Waals surface area (Å²) in [5, 5.41) is 65.0. The van der Waals surface area contributed by atoms with Crippen LogP contribution in [0.25, 0.3) is 0 Å². The number of rotatable bonds is 19. The van der Waals surface area contributed by atoms with Crippen molar-refractivity contribution in [1.29, 1.82) is 0 Å². The molecule has 21 heteroatoms. The molecule has 11 atom stereocenters. The van der Waals surface area contributed by atoms with E-state index in [0.29, 0.717) is 5.06 Å². The minimum Gasteiger partial charge on any atom is -0.463 e. The van der Waals surface area contributed by atoms with E-state index in [1.54, 1.807) is 0 Å². The molecule has 0 saturated carbocycles. The molecule has 296 valence electrons. The highest BCUT2D eigenvalue weighted by Crippen LogP contribution is 2.23. The van der Waals surface area contributed by atoms with Gasteiger partial charge in [0.05, 0.1) is 25.4 Å². The molecule has 0 unspecified atom stereocenters. The number of carbonyl (C=O) groups is 6. The zero-order valence-corrected chi connectivity index (χ0v) is 28.9. The molecule has 0 radical (unpaired) electrons. The standard InChI is InChI=1S/C31H49N3O18/c1-15-23(40)25(42)27(44)30(50-15)48-12-11-32-29(46)17(33-18(35)5-3-4-6-22(39)52-34-19(36)8-9-20(34)37)7-10-21(38)47-13-14-49-31-28(45)26(43)24(41)16(2)51-31/h15-17,23-28,30-31,40-45H,3-14H2,1-2H3,(H,32,46)(H,33,35)/t15-,16-,17-,23+,24+,25+,26+,27-,28-,30+,31+/m0/s1. The molecular formula is C31H49N3O18. The van der Waals surface area contributed by atoms with E-state index in [1.165, 1.54) is 13.8 Å². The number of hydrogen-bond acceptors (Lipinski definition) is 18. The average Bonchev–Trinajstić information content (AvgIpc) is 3.42. The monoisotopic (exact) mass is 751 g/mol. The summed E-state index contributed by atoms with van der Waals surface area (Å²) in [5.41, 5.74) is 0. The van der Waals surface area contributed by atoms with Gasteiger partial charge in [0.1, 0.15) is 49.3 Å². The summed E-state index contributed by atoms with van der Waals surface area (Å²) in [4.78, 5) is 78.2. The Morgan fingerprint density at radius 3 is 1.85 bits per heavy atom. The fourth-order valence-electron chi connectivity index (χ4n) is 5.32. The molecule has 3 saturated heterocycles. The molecule has 0 aliphatic carbocycles. The van der Waals surface area contributed by atoms with Crippen LogP contribution in [0.5, 0.6) is 0 Å². The summed E-state index contributed by atoms with van der Waals surface area (Å²) in [6, 6.07) is -1.23. The largest absolute Gasteiger partial charge is 0.463 e. The highest BCUT2D eigenvalue weighted by Gasteiger charge is 2.43. The van der Waals surface area contributed by atoms with E-state index < -0.39 is 103 Å². The number of nitrogens with zero attached hydrogens (tertiary/aromatic N) is 1. The van der Waals surface area contributed by atoms with Crippen molar-refractivity contribution in [3.63, 3.8) is 0 Å². The molecule has 21 nitrogen and oxygen atoms in total. The first kappa shape index (κ1) is 43.0. The Hall–Kier alpha value is -3.38. The number of hydrogen-bond donors (Lipinski definition) is 8. The third-order valence-corrected chi connectivity index (χ3v) is 8.45. The minimum atomic E-state index is -1.55. The highest BCUT2D eigenvalue weighted by atomic mass is 16.7. The van der Waals surface area contributed by atoms with E-state index in [2.05, 4.69) is 10.6 Å². The smallest absolute Gasteiger partial charge is 0.333 e. The van der Waals surface area contributed by atoms with Crippen molar-refractivity contribution in [2.75, 3.05) is 26.4 Å². The van der Waals surface area contributed by atoms with Crippen LogP contribution in [0, 0.1) is 0 Å². The van der Waals surface area contributed by atoms with E-state index in [1.807, 2.05) is 0 Å². The fourth-order valence-corrected chi connectivity index (χ4v) is 5.32. The van der Waals surface area contributed by atoms with Crippen molar-refractivity contribution in [2.24, 2.45) is 0 Å².